The number of rotatable bonds is 7. The van der Waals surface area contributed by atoms with Crippen molar-refractivity contribution < 1.29 is 14.3 Å². The summed E-state index contributed by atoms with van der Waals surface area (Å²) in [6.45, 7) is 1.89. The fourth-order valence-corrected chi connectivity index (χ4v) is 3.19. The van der Waals surface area contributed by atoms with Gasteiger partial charge < -0.3 is 15.4 Å². The molecule has 0 atom stereocenters. The van der Waals surface area contributed by atoms with Crippen molar-refractivity contribution in [2.45, 2.75) is 25.7 Å². The fraction of sp³-hybridized carbons (Fsp3) is 0.278. The van der Waals surface area contributed by atoms with Gasteiger partial charge in [0, 0.05) is 23.1 Å². The number of amides is 1. The number of nitrogens with one attached hydrogen (secondary N) is 2. The molecule has 2 N–H and O–H groups in total. The van der Waals surface area contributed by atoms with E-state index in [0.29, 0.717) is 17.3 Å². The maximum atomic E-state index is 13.0. The molecule has 1 saturated carbocycles. The first-order valence-corrected chi connectivity index (χ1v) is 9.77. The summed E-state index contributed by atoms with van der Waals surface area (Å²) in [5.41, 5.74) is 2.14. The average Bonchev–Trinajstić information content (AvgIpc) is 3.48. The van der Waals surface area contributed by atoms with Gasteiger partial charge in [0.2, 0.25) is 5.69 Å². The number of aromatic nitrogens is 5. The fourth-order valence-electron chi connectivity index (χ4n) is 2.64. The lowest BCUT2D eigenvalue weighted by Gasteiger charge is -2.12. The molecule has 4 rings (SSSR count). The molecule has 0 radical (unpaired) electrons. The van der Waals surface area contributed by atoms with Gasteiger partial charge in [-0.15, -0.1) is 5.10 Å². The second kappa shape index (κ2) is 8.27. The molecule has 1 fully saturated rings. The van der Waals surface area contributed by atoms with E-state index in [1.54, 1.807) is 25.4 Å². The van der Waals surface area contributed by atoms with Crippen LogP contribution in [0.2, 0.25) is 0 Å². The molecular weight excluding hydrogens is 394 g/mol. The summed E-state index contributed by atoms with van der Waals surface area (Å²) in [6.07, 6.45) is 6.71. The molecule has 11 heteroatoms. The van der Waals surface area contributed by atoms with E-state index < -0.39 is 11.9 Å². The van der Waals surface area contributed by atoms with E-state index in [1.165, 1.54) is 6.33 Å². The Morgan fingerprint density at radius 1 is 1.21 bits per heavy atom. The normalized spacial score (nSPS) is 13.0. The zero-order valence-corrected chi connectivity index (χ0v) is 16.3. The first kappa shape index (κ1) is 18.9. The minimum Gasteiger partial charge on any atom is -0.461 e. The van der Waals surface area contributed by atoms with E-state index in [4.69, 9.17) is 4.74 Å². The van der Waals surface area contributed by atoms with Crippen molar-refractivity contribution in [1.82, 2.24) is 24.5 Å². The van der Waals surface area contributed by atoms with Crippen LogP contribution in [0.15, 0.2) is 30.9 Å². The highest BCUT2D eigenvalue weighted by Crippen LogP contribution is 2.39. The summed E-state index contributed by atoms with van der Waals surface area (Å²) < 4.78 is 8.69. The lowest BCUT2D eigenvalue weighted by molar-refractivity contribution is 0.0520. The Balaban J connectivity index is 1.62. The Bertz CT molecular complexity index is 1040. The van der Waals surface area contributed by atoms with Gasteiger partial charge in [0.15, 0.2) is 10.7 Å². The van der Waals surface area contributed by atoms with Crippen LogP contribution in [0.1, 0.15) is 52.4 Å². The van der Waals surface area contributed by atoms with Crippen LogP contribution in [0.3, 0.4) is 0 Å². The molecule has 3 heterocycles. The minimum atomic E-state index is -0.643. The summed E-state index contributed by atoms with van der Waals surface area (Å²) in [5, 5.41) is 9.75. The van der Waals surface area contributed by atoms with Gasteiger partial charge in [-0.25, -0.2) is 19.7 Å². The molecule has 0 saturated heterocycles. The summed E-state index contributed by atoms with van der Waals surface area (Å²) in [6, 6.07) is 3.71. The van der Waals surface area contributed by atoms with Gasteiger partial charge in [-0.1, -0.05) is 4.49 Å². The van der Waals surface area contributed by atoms with E-state index in [-0.39, 0.29) is 23.0 Å². The Kier molecular flexibility index (Phi) is 5.38. The molecule has 0 spiro atoms. The summed E-state index contributed by atoms with van der Waals surface area (Å²) in [5.74, 6) is -0.754. The average molecular weight is 411 g/mol. The Hall–Kier alpha value is -3.47. The predicted octanol–water partition coefficient (Wildman–Crippen LogP) is 2.77. The Morgan fingerprint density at radius 2 is 2.00 bits per heavy atom. The van der Waals surface area contributed by atoms with E-state index in [1.807, 2.05) is 6.07 Å². The van der Waals surface area contributed by atoms with E-state index >= 15 is 0 Å². The molecule has 0 aromatic carbocycles. The minimum absolute atomic E-state index is 0.0329. The Labute approximate surface area is 169 Å². The third-order valence-corrected chi connectivity index (χ3v) is 4.79. The van der Waals surface area contributed by atoms with Crippen LogP contribution < -0.4 is 10.6 Å². The van der Waals surface area contributed by atoms with Gasteiger partial charge in [0.1, 0.15) is 6.33 Å². The lowest BCUT2D eigenvalue weighted by Crippen LogP contribution is -2.18. The number of carbonyl (C=O) groups excluding carboxylic acids is 2. The van der Waals surface area contributed by atoms with Crippen molar-refractivity contribution in [2.24, 2.45) is 0 Å². The molecule has 10 nitrogen and oxygen atoms in total. The highest BCUT2D eigenvalue weighted by molar-refractivity contribution is 7.10. The number of hydrogen-bond acceptors (Lipinski definition) is 10. The first-order chi connectivity index (χ1) is 14.2. The number of hydrogen-bond donors (Lipinski definition) is 2. The molecule has 1 amide bonds. The van der Waals surface area contributed by atoms with Gasteiger partial charge in [-0.2, -0.15) is 0 Å². The quantitative estimate of drug-likeness (QED) is 0.563. The number of esters is 1. The SMILES string of the molecule is CCOC(=O)c1nnsc1NC(=O)c1nc(C2CC2)ccc1Nc1cncnc1. The van der Waals surface area contributed by atoms with Crippen LogP contribution in [-0.4, -0.2) is 43.0 Å². The monoisotopic (exact) mass is 411 g/mol. The molecule has 148 valence electrons. The largest absolute Gasteiger partial charge is 0.461 e. The number of ether oxygens (including phenoxy) is 1. The molecule has 1 aliphatic carbocycles. The standard InChI is InChI=1S/C18H17N7O3S/c1-2-28-18(27)15-17(29-25-24-15)23-16(26)14-13(21-11-7-19-9-20-8-11)6-5-12(22-14)10-3-4-10/h5-10,21H,2-4H2,1H3,(H,23,26). The number of nitrogens with zero attached hydrogens (tertiary/aromatic N) is 5. The van der Waals surface area contributed by atoms with Gasteiger partial charge in [-0.05, 0) is 31.9 Å². The van der Waals surface area contributed by atoms with Gasteiger partial charge >= 0.3 is 5.97 Å². The van der Waals surface area contributed by atoms with Gasteiger partial charge in [0.25, 0.3) is 5.91 Å². The maximum absolute atomic E-state index is 13.0. The molecule has 0 aliphatic heterocycles. The van der Waals surface area contributed by atoms with E-state index in [2.05, 4.69) is 35.2 Å². The molecule has 29 heavy (non-hydrogen) atoms. The second-order valence-electron chi connectivity index (χ2n) is 6.28. The lowest BCUT2D eigenvalue weighted by atomic mass is 10.2. The maximum Gasteiger partial charge on any atom is 0.362 e. The first-order valence-electron chi connectivity index (χ1n) is 8.99. The molecule has 0 bridgehead atoms. The number of pyridine rings is 1. The molecule has 1 aliphatic rings. The van der Waals surface area contributed by atoms with Crippen LogP contribution in [0.5, 0.6) is 0 Å². The van der Waals surface area contributed by atoms with Crippen LogP contribution in [0, 0.1) is 0 Å². The van der Waals surface area contributed by atoms with E-state index in [0.717, 1.165) is 30.1 Å². The van der Waals surface area contributed by atoms with Crippen molar-refractivity contribution in [3.8, 4) is 0 Å². The molecular formula is C18H17N7O3S. The molecule has 3 aromatic rings. The number of carbonyl (C=O) groups is 2. The number of anilines is 3. The zero-order chi connectivity index (χ0) is 20.2. The van der Waals surface area contributed by atoms with Gasteiger partial charge in [0.05, 0.1) is 30.4 Å². The van der Waals surface area contributed by atoms with Crippen LogP contribution in [0.25, 0.3) is 0 Å². The van der Waals surface area contributed by atoms with Crippen LogP contribution >= 0.6 is 11.5 Å². The highest BCUT2D eigenvalue weighted by atomic mass is 32.1. The van der Waals surface area contributed by atoms with E-state index in [9.17, 15) is 9.59 Å². The van der Waals surface area contributed by atoms with Crippen molar-refractivity contribution in [2.75, 3.05) is 17.2 Å². The second-order valence-corrected chi connectivity index (χ2v) is 7.04. The van der Waals surface area contributed by atoms with Crippen molar-refractivity contribution in [3.05, 3.63) is 47.9 Å². The van der Waals surface area contributed by atoms with Crippen molar-refractivity contribution in [3.63, 3.8) is 0 Å². The third-order valence-electron chi connectivity index (χ3n) is 4.15. The smallest absolute Gasteiger partial charge is 0.362 e. The zero-order valence-electron chi connectivity index (χ0n) is 15.5. The summed E-state index contributed by atoms with van der Waals surface area (Å²) in [4.78, 5) is 37.5. The molecule has 3 aromatic heterocycles. The van der Waals surface area contributed by atoms with Crippen molar-refractivity contribution in [1.29, 1.82) is 0 Å². The summed E-state index contributed by atoms with van der Waals surface area (Å²) >= 11 is 0.897. The third kappa shape index (κ3) is 4.35. The molecule has 0 unspecified atom stereocenters. The Morgan fingerprint density at radius 3 is 2.72 bits per heavy atom. The van der Waals surface area contributed by atoms with Crippen molar-refractivity contribution >= 4 is 39.8 Å². The highest BCUT2D eigenvalue weighted by Gasteiger charge is 2.28. The topological polar surface area (TPSA) is 132 Å². The summed E-state index contributed by atoms with van der Waals surface area (Å²) in [7, 11) is 0. The predicted molar refractivity (Wildman–Crippen MR) is 105 cm³/mol. The van der Waals surface area contributed by atoms with Gasteiger partial charge in [-0.3, -0.25) is 4.79 Å². The van der Waals surface area contributed by atoms with Crippen LogP contribution in [0.4, 0.5) is 16.4 Å². The van der Waals surface area contributed by atoms with Crippen LogP contribution in [-0.2, 0) is 4.74 Å².